The Hall–Kier alpha value is -2.80. The molecule has 0 bridgehead atoms. The second-order valence-corrected chi connectivity index (χ2v) is 11.8. The van der Waals surface area contributed by atoms with Crippen LogP contribution in [0.1, 0.15) is 47.3 Å². The highest BCUT2D eigenvalue weighted by Crippen LogP contribution is 2.46. The summed E-state index contributed by atoms with van der Waals surface area (Å²) in [6.07, 6.45) is -2.87. The van der Waals surface area contributed by atoms with Gasteiger partial charge in [0.05, 0.1) is 12.7 Å². The number of nitrogens with one attached hydrogen (secondary N) is 2. The number of para-hydroxylation sites is 1. The summed E-state index contributed by atoms with van der Waals surface area (Å²) in [4.78, 5) is 38.4. The van der Waals surface area contributed by atoms with Gasteiger partial charge in [0.15, 0.2) is 6.23 Å². The second kappa shape index (κ2) is 12.6. The molecule has 7 atom stereocenters. The summed E-state index contributed by atoms with van der Waals surface area (Å²) < 4.78 is 37.0. The molecule has 4 N–H and O–H groups in total. The fraction of sp³-hybridized carbons (Fsp3) is 0.560. The lowest BCUT2D eigenvalue weighted by Crippen LogP contribution is -2.47. The van der Waals surface area contributed by atoms with Crippen LogP contribution in [0.15, 0.2) is 52.2 Å². The smallest absolute Gasteiger partial charge is 0.459 e. The van der Waals surface area contributed by atoms with Crippen LogP contribution in [0.4, 0.5) is 0 Å². The van der Waals surface area contributed by atoms with Crippen molar-refractivity contribution in [2.75, 3.05) is 6.61 Å². The van der Waals surface area contributed by atoms with Crippen LogP contribution in [-0.2, 0) is 23.4 Å². The minimum Gasteiger partial charge on any atom is -0.461 e. The van der Waals surface area contributed by atoms with Gasteiger partial charge in [-0.25, -0.2) is 9.36 Å². The highest BCUT2D eigenvalue weighted by atomic mass is 31.2. The van der Waals surface area contributed by atoms with Gasteiger partial charge in [0.2, 0.25) is 0 Å². The van der Waals surface area contributed by atoms with Gasteiger partial charge in [-0.3, -0.25) is 23.7 Å². The van der Waals surface area contributed by atoms with Crippen molar-refractivity contribution in [2.45, 2.75) is 77.2 Å². The number of hydrogen-bond donors (Lipinski definition) is 4. The molecule has 0 amide bonds. The normalized spacial score (nSPS) is 26.1. The van der Waals surface area contributed by atoms with Crippen LogP contribution in [0.2, 0.25) is 0 Å². The first-order chi connectivity index (χ1) is 18.2. The van der Waals surface area contributed by atoms with Gasteiger partial charge >= 0.3 is 19.4 Å². The number of carbonyl (C=O) groups excluding carboxylic acids is 1. The molecule has 1 saturated heterocycles. The van der Waals surface area contributed by atoms with Crippen LogP contribution >= 0.6 is 7.75 Å². The zero-order valence-electron chi connectivity index (χ0n) is 22.5. The third-order valence-corrected chi connectivity index (χ3v) is 7.71. The van der Waals surface area contributed by atoms with Gasteiger partial charge < -0.3 is 24.2 Å². The van der Waals surface area contributed by atoms with E-state index in [0.29, 0.717) is 12.3 Å². The molecule has 0 radical (unpaired) electrons. The number of benzene rings is 1. The Labute approximate surface area is 225 Å². The van der Waals surface area contributed by atoms with Crippen LogP contribution in [0.5, 0.6) is 5.75 Å². The number of H-pyrrole nitrogens is 1. The van der Waals surface area contributed by atoms with Crippen molar-refractivity contribution >= 4 is 13.7 Å². The molecular formula is C25H36N3O10P. The van der Waals surface area contributed by atoms with E-state index >= 15 is 0 Å². The molecule has 13 nitrogen and oxygen atoms in total. The molecule has 2 unspecified atom stereocenters. The van der Waals surface area contributed by atoms with Gasteiger partial charge in [0.25, 0.3) is 5.56 Å². The van der Waals surface area contributed by atoms with Crippen molar-refractivity contribution in [1.82, 2.24) is 14.6 Å². The van der Waals surface area contributed by atoms with E-state index in [1.807, 2.05) is 13.8 Å². The van der Waals surface area contributed by atoms with Crippen molar-refractivity contribution in [3.8, 4) is 5.75 Å². The number of aromatic amines is 1. The molecule has 0 aliphatic carbocycles. The molecule has 3 rings (SSSR count). The molecule has 39 heavy (non-hydrogen) atoms. The zero-order chi connectivity index (χ0) is 29.0. The third kappa shape index (κ3) is 7.87. The van der Waals surface area contributed by atoms with Crippen LogP contribution in [0.3, 0.4) is 0 Å². The maximum Gasteiger partial charge on any atom is 0.459 e. The molecule has 2 aromatic rings. The van der Waals surface area contributed by atoms with Gasteiger partial charge in [0.1, 0.15) is 29.6 Å². The van der Waals surface area contributed by atoms with E-state index in [2.05, 4.69) is 10.1 Å². The van der Waals surface area contributed by atoms with Crippen molar-refractivity contribution in [3.63, 3.8) is 0 Å². The lowest BCUT2D eigenvalue weighted by molar-refractivity contribution is -0.150. The first kappa shape index (κ1) is 30.7. The SMILES string of the molecule is CC(C)CC(C)OC(=O)[C@H](C)N[P@](=O)(OC[C@H]1OC(n2ccc(=O)[nH]c2=O)[C@](C)(O)[C@@H]1O)Oc1ccccc1. The molecule has 14 heteroatoms. The number of rotatable bonds is 12. The van der Waals surface area contributed by atoms with Crippen molar-refractivity contribution in [2.24, 2.45) is 5.92 Å². The fourth-order valence-electron chi connectivity index (χ4n) is 4.17. The number of aliphatic hydroxyl groups excluding tert-OH is 1. The van der Waals surface area contributed by atoms with Gasteiger partial charge in [-0.05, 0) is 45.2 Å². The molecule has 1 aromatic carbocycles. The average Bonchev–Trinajstić information content (AvgIpc) is 3.06. The van der Waals surface area contributed by atoms with Crippen LogP contribution in [0, 0.1) is 5.92 Å². The predicted octanol–water partition coefficient (Wildman–Crippen LogP) is 1.71. The van der Waals surface area contributed by atoms with Gasteiger partial charge in [-0.2, -0.15) is 5.09 Å². The Kier molecular flexibility index (Phi) is 9.92. The van der Waals surface area contributed by atoms with E-state index in [-0.39, 0.29) is 11.9 Å². The highest BCUT2D eigenvalue weighted by molar-refractivity contribution is 7.52. The van der Waals surface area contributed by atoms with E-state index in [1.165, 1.54) is 26.0 Å². The van der Waals surface area contributed by atoms with Crippen LogP contribution in [-0.4, -0.2) is 62.3 Å². The summed E-state index contributed by atoms with van der Waals surface area (Å²) >= 11 is 0. The molecule has 2 heterocycles. The summed E-state index contributed by atoms with van der Waals surface area (Å²) in [7, 11) is -4.29. The number of aliphatic hydroxyl groups is 2. The van der Waals surface area contributed by atoms with Crippen LogP contribution < -0.4 is 20.9 Å². The predicted molar refractivity (Wildman–Crippen MR) is 140 cm³/mol. The summed E-state index contributed by atoms with van der Waals surface area (Å²) in [6.45, 7) is 7.88. The van der Waals surface area contributed by atoms with Gasteiger partial charge in [0, 0.05) is 12.3 Å². The quantitative estimate of drug-likeness (QED) is 0.216. The third-order valence-electron chi connectivity index (χ3n) is 6.06. The number of aromatic nitrogens is 2. The lowest BCUT2D eigenvalue weighted by Gasteiger charge is -2.27. The first-order valence-corrected chi connectivity index (χ1v) is 14.1. The Morgan fingerprint density at radius 2 is 1.87 bits per heavy atom. The highest BCUT2D eigenvalue weighted by Gasteiger charge is 2.54. The minimum absolute atomic E-state index is 0.180. The monoisotopic (exact) mass is 569 g/mol. The second-order valence-electron chi connectivity index (χ2n) is 10.1. The van der Waals surface area contributed by atoms with E-state index in [9.17, 15) is 29.2 Å². The number of nitrogens with zero attached hydrogens (tertiary/aromatic N) is 1. The Bertz CT molecular complexity index is 1280. The molecular weight excluding hydrogens is 533 g/mol. The van der Waals surface area contributed by atoms with E-state index < -0.39 is 61.7 Å². The number of esters is 1. The topological polar surface area (TPSA) is 178 Å². The molecule has 0 saturated carbocycles. The summed E-state index contributed by atoms with van der Waals surface area (Å²) in [5.74, 6) is -0.182. The van der Waals surface area contributed by atoms with Crippen LogP contribution in [0.25, 0.3) is 0 Å². The molecule has 1 aliphatic rings. The molecule has 1 aromatic heterocycles. The number of carbonyl (C=O) groups is 1. The molecule has 0 spiro atoms. The standard InChI is InChI=1S/C25H36N3O10P/c1-15(2)13-16(3)36-22(31)17(4)27-39(34,38-18-9-7-6-8-10-18)35-14-19-21(30)25(5,33)23(37-19)28-12-11-20(29)26-24(28)32/h6-12,15-17,19,21,23,30,33H,13-14H2,1-5H3,(H,27,34)(H,26,29,32)/t16?,17-,19+,21+,23?,25+,39-/m0/s1. The fourth-order valence-corrected chi connectivity index (χ4v) is 5.68. The Morgan fingerprint density at radius 3 is 2.49 bits per heavy atom. The summed E-state index contributed by atoms with van der Waals surface area (Å²) in [5, 5.41) is 24.2. The number of ether oxygens (including phenoxy) is 2. The maximum atomic E-state index is 13.8. The molecule has 1 fully saturated rings. The number of hydrogen-bond acceptors (Lipinski definition) is 10. The van der Waals surface area contributed by atoms with E-state index in [4.69, 9.17) is 18.5 Å². The zero-order valence-corrected chi connectivity index (χ0v) is 23.4. The van der Waals surface area contributed by atoms with Crippen molar-refractivity contribution in [3.05, 3.63) is 63.4 Å². The molecule has 1 aliphatic heterocycles. The summed E-state index contributed by atoms with van der Waals surface area (Å²) in [5.41, 5.74) is -3.50. The Morgan fingerprint density at radius 1 is 1.21 bits per heavy atom. The largest absolute Gasteiger partial charge is 0.461 e. The lowest BCUT2D eigenvalue weighted by atomic mass is 9.96. The molecule has 216 valence electrons. The Balaban J connectivity index is 1.77. The van der Waals surface area contributed by atoms with E-state index in [0.717, 1.165) is 16.8 Å². The maximum absolute atomic E-state index is 13.8. The minimum atomic E-state index is -4.29. The van der Waals surface area contributed by atoms with Crippen molar-refractivity contribution < 1.29 is 38.1 Å². The van der Waals surface area contributed by atoms with Gasteiger partial charge in [-0.1, -0.05) is 32.0 Å². The first-order valence-electron chi connectivity index (χ1n) is 12.6. The summed E-state index contributed by atoms with van der Waals surface area (Å²) in [6, 6.07) is 8.07. The average molecular weight is 570 g/mol. The van der Waals surface area contributed by atoms with E-state index in [1.54, 1.807) is 25.1 Å². The van der Waals surface area contributed by atoms with Gasteiger partial charge in [-0.15, -0.1) is 0 Å². The van der Waals surface area contributed by atoms with Crippen molar-refractivity contribution in [1.29, 1.82) is 0 Å².